The fourth-order valence-electron chi connectivity index (χ4n) is 1.82. The lowest BCUT2D eigenvalue weighted by Crippen LogP contribution is -1.89. The van der Waals surface area contributed by atoms with Crippen molar-refractivity contribution in [3.63, 3.8) is 0 Å². The van der Waals surface area contributed by atoms with Crippen molar-refractivity contribution in [3.05, 3.63) is 34.3 Å². The first kappa shape index (κ1) is 8.82. The molecule has 1 aromatic rings. The van der Waals surface area contributed by atoms with Crippen molar-refractivity contribution in [2.24, 2.45) is 0 Å². The normalized spacial score (nSPS) is 17.5. The Morgan fingerprint density at radius 3 is 2.92 bits per heavy atom. The molecule has 0 radical (unpaired) electrons. The highest BCUT2D eigenvalue weighted by Gasteiger charge is 2.18. The molecule has 0 amide bonds. The maximum Gasteiger partial charge on any atom is 0.122 e. The smallest absolute Gasteiger partial charge is 0.122 e. The Bertz CT molecular complexity index is 355. The summed E-state index contributed by atoms with van der Waals surface area (Å²) < 4.78 is 5.31. The van der Waals surface area contributed by atoms with Crippen LogP contribution in [-0.4, -0.2) is 7.11 Å². The Morgan fingerprint density at radius 1 is 1.38 bits per heavy atom. The molecule has 0 saturated carbocycles. The number of hydrogen-bond acceptors (Lipinski definition) is 1. The number of rotatable bonds is 1. The van der Waals surface area contributed by atoms with E-state index in [1.54, 1.807) is 7.11 Å². The second kappa shape index (κ2) is 3.54. The third-order valence-electron chi connectivity index (χ3n) is 2.47. The molecule has 1 nitrogen and oxygen atoms in total. The zero-order chi connectivity index (χ0) is 9.26. The Kier molecular flexibility index (Phi) is 2.40. The van der Waals surface area contributed by atoms with Gasteiger partial charge in [0.15, 0.2) is 0 Å². The van der Waals surface area contributed by atoms with Gasteiger partial charge in [-0.1, -0.05) is 28.1 Å². The third kappa shape index (κ3) is 1.39. The van der Waals surface area contributed by atoms with E-state index in [0.717, 1.165) is 18.6 Å². The molecule has 0 aliphatic heterocycles. The monoisotopic (exact) mass is 238 g/mol. The highest BCUT2D eigenvalue weighted by Crippen LogP contribution is 2.37. The first-order valence-corrected chi connectivity index (χ1v) is 5.24. The summed E-state index contributed by atoms with van der Waals surface area (Å²) in [4.78, 5) is 2.01. The predicted molar refractivity (Wildman–Crippen MR) is 58.2 cm³/mol. The van der Waals surface area contributed by atoms with Crippen molar-refractivity contribution in [1.82, 2.24) is 0 Å². The van der Waals surface area contributed by atoms with Gasteiger partial charge in [-0.25, -0.2) is 0 Å². The molecule has 2 rings (SSSR count). The zero-order valence-electron chi connectivity index (χ0n) is 7.51. The average molecular weight is 239 g/mol. The summed E-state index contributed by atoms with van der Waals surface area (Å²) in [6.45, 7) is 0. The molecule has 0 heterocycles. The Morgan fingerprint density at radius 2 is 2.23 bits per heavy atom. The third-order valence-corrected chi connectivity index (χ3v) is 3.03. The minimum absolute atomic E-state index is 1.02. The molecule has 1 aromatic carbocycles. The first-order valence-electron chi connectivity index (χ1n) is 4.32. The minimum atomic E-state index is 1.02. The van der Waals surface area contributed by atoms with Crippen molar-refractivity contribution < 1.29 is 4.74 Å². The van der Waals surface area contributed by atoms with E-state index in [4.69, 9.17) is 4.74 Å². The molecule has 0 atom stereocenters. The van der Waals surface area contributed by atoms with Crippen molar-refractivity contribution in [2.45, 2.75) is 12.8 Å². The van der Waals surface area contributed by atoms with Crippen LogP contribution >= 0.6 is 15.9 Å². The van der Waals surface area contributed by atoms with Crippen LogP contribution in [0.4, 0.5) is 0 Å². The molecule has 0 aromatic heterocycles. The van der Waals surface area contributed by atoms with Gasteiger partial charge in [-0.05, 0) is 35.0 Å². The lowest BCUT2D eigenvalue weighted by Gasteiger charge is -2.05. The zero-order valence-corrected chi connectivity index (χ0v) is 9.10. The highest BCUT2D eigenvalue weighted by molar-refractivity contribution is 9.11. The topological polar surface area (TPSA) is 9.23 Å². The predicted octanol–water partition coefficient (Wildman–Crippen LogP) is 3.38. The number of fused-ring (bicyclic) bond motifs is 1. The van der Waals surface area contributed by atoms with Crippen LogP contribution in [0.1, 0.15) is 17.5 Å². The van der Waals surface area contributed by atoms with Gasteiger partial charge in [-0.15, -0.1) is 0 Å². The summed E-state index contributed by atoms with van der Waals surface area (Å²) in [6, 6.07) is 6.22. The first-order chi connectivity index (χ1) is 6.36. The van der Waals surface area contributed by atoms with Crippen LogP contribution < -0.4 is 4.74 Å². The molecule has 0 bridgehead atoms. The van der Waals surface area contributed by atoms with Crippen LogP contribution in [0.5, 0.6) is 5.75 Å². The van der Waals surface area contributed by atoms with E-state index in [2.05, 4.69) is 22.0 Å². The summed E-state index contributed by atoms with van der Waals surface area (Å²) in [5.41, 5.74) is 4.04. The summed E-state index contributed by atoms with van der Waals surface area (Å²) in [6.07, 6.45) is 2.21. The largest absolute Gasteiger partial charge is 0.496 e. The van der Waals surface area contributed by atoms with Gasteiger partial charge in [-0.2, -0.15) is 0 Å². The van der Waals surface area contributed by atoms with E-state index in [0.29, 0.717) is 0 Å². The SMILES string of the molecule is COc1cccc2c1CC/C2=C/Br. The summed E-state index contributed by atoms with van der Waals surface area (Å²) in [5, 5.41) is 0. The van der Waals surface area contributed by atoms with Crippen LogP contribution in [0.15, 0.2) is 23.2 Å². The molecule has 1 aliphatic rings. The Hall–Kier alpha value is -0.760. The van der Waals surface area contributed by atoms with Gasteiger partial charge in [0.05, 0.1) is 7.11 Å². The molecule has 0 N–H and O–H groups in total. The summed E-state index contributed by atoms with van der Waals surface area (Å²) in [7, 11) is 1.73. The fraction of sp³-hybridized carbons (Fsp3) is 0.273. The molecule has 0 fully saturated rings. The van der Waals surface area contributed by atoms with Crippen LogP contribution in [0.3, 0.4) is 0 Å². The van der Waals surface area contributed by atoms with Crippen molar-refractivity contribution >= 4 is 21.5 Å². The van der Waals surface area contributed by atoms with Crippen molar-refractivity contribution in [2.75, 3.05) is 7.11 Å². The highest BCUT2D eigenvalue weighted by atomic mass is 79.9. The number of methoxy groups -OCH3 is 1. The van der Waals surface area contributed by atoms with Gasteiger partial charge in [0.2, 0.25) is 0 Å². The molecule has 0 spiro atoms. The molecule has 0 saturated heterocycles. The molecular weight excluding hydrogens is 228 g/mol. The van der Waals surface area contributed by atoms with E-state index < -0.39 is 0 Å². The maximum absolute atomic E-state index is 5.31. The Balaban J connectivity index is 2.55. The van der Waals surface area contributed by atoms with Gasteiger partial charge in [0.25, 0.3) is 0 Å². The molecular formula is C11H11BrO. The summed E-state index contributed by atoms with van der Waals surface area (Å²) >= 11 is 3.39. The van der Waals surface area contributed by atoms with Gasteiger partial charge >= 0.3 is 0 Å². The van der Waals surface area contributed by atoms with Gasteiger partial charge in [0.1, 0.15) is 5.75 Å². The average Bonchev–Trinajstić information content (AvgIpc) is 2.60. The van der Waals surface area contributed by atoms with Crippen LogP contribution in [0.2, 0.25) is 0 Å². The van der Waals surface area contributed by atoms with Gasteiger partial charge in [-0.3, -0.25) is 0 Å². The van der Waals surface area contributed by atoms with Crippen LogP contribution in [-0.2, 0) is 6.42 Å². The lowest BCUT2D eigenvalue weighted by atomic mass is 10.1. The number of benzene rings is 1. The maximum atomic E-state index is 5.31. The standard InChI is InChI=1S/C11H11BrO/c1-13-11-4-2-3-9-8(7-12)5-6-10(9)11/h2-4,7H,5-6H2,1H3/b8-7-. The summed E-state index contributed by atoms with van der Waals surface area (Å²) in [5.74, 6) is 1.02. The minimum Gasteiger partial charge on any atom is -0.496 e. The van der Waals surface area contributed by atoms with Crippen LogP contribution in [0, 0.1) is 0 Å². The van der Waals surface area contributed by atoms with Crippen LogP contribution in [0.25, 0.3) is 5.57 Å². The van der Waals surface area contributed by atoms with Gasteiger partial charge < -0.3 is 4.74 Å². The molecule has 1 aliphatic carbocycles. The second-order valence-corrected chi connectivity index (χ2v) is 3.58. The fourth-order valence-corrected chi connectivity index (χ4v) is 2.30. The molecule has 0 unspecified atom stereocenters. The lowest BCUT2D eigenvalue weighted by molar-refractivity contribution is 0.410. The van der Waals surface area contributed by atoms with E-state index in [1.165, 1.54) is 16.7 Å². The van der Waals surface area contributed by atoms with E-state index in [-0.39, 0.29) is 0 Å². The van der Waals surface area contributed by atoms with Crippen molar-refractivity contribution in [1.29, 1.82) is 0 Å². The number of halogens is 1. The quantitative estimate of drug-likeness (QED) is 0.729. The second-order valence-electron chi connectivity index (χ2n) is 3.12. The number of ether oxygens (including phenoxy) is 1. The Labute approximate surface area is 86.5 Å². The number of hydrogen-bond donors (Lipinski definition) is 0. The van der Waals surface area contributed by atoms with E-state index >= 15 is 0 Å². The molecule has 2 heteroatoms. The van der Waals surface area contributed by atoms with Crippen molar-refractivity contribution in [3.8, 4) is 5.75 Å². The van der Waals surface area contributed by atoms with E-state index in [9.17, 15) is 0 Å². The molecule has 68 valence electrons. The van der Waals surface area contributed by atoms with Gasteiger partial charge in [0, 0.05) is 5.56 Å². The molecule has 13 heavy (non-hydrogen) atoms. The number of allylic oxidation sites excluding steroid dienone is 1. The van der Waals surface area contributed by atoms with E-state index in [1.807, 2.05) is 17.1 Å².